The largest absolute Gasteiger partial charge is 0.350 e. The average molecular weight is 401 g/mol. The molecule has 8 heteroatoms. The van der Waals surface area contributed by atoms with Crippen molar-refractivity contribution in [2.45, 2.75) is 13.5 Å². The highest BCUT2D eigenvalue weighted by atomic mass is 35.5. The van der Waals surface area contributed by atoms with E-state index in [9.17, 15) is 13.2 Å². The first-order valence-corrected chi connectivity index (χ1v) is 10.0. The van der Waals surface area contributed by atoms with Gasteiger partial charge in [-0.05, 0) is 36.2 Å². The standard InChI is InChI=1S/C17H18Cl2N2O3S/c1-12-5-3-4-6-13(12)10-20-17(22)11-21(25(2,23)24)16-8-14(18)7-15(19)9-16/h3-9H,10-11H2,1-2H3,(H,20,22). The molecule has 0 heterocycles. The Balaban J connectivity index is 2.15. The van der Waals surface area contributed by atoms with Crippen molar-refractivity contribution in [3.05, 3.63) is 63.6 Å². The first-order chi connectivity index (χ1) is 11.7. The summed E-state index contributed by atoms with van der Waals surface area (Å²) in [5.74, 6) is -0.426. The number of carbonyl (C=O) groups is 1. The van der Waals surface area contributed by atoms with Crippen LogP contribution >= 0.6 is 23.2 Å². The van der Waals surface area contributed by atoms with E-state index in [1.54, 1.807) is 0 Å². The summed E-state index contributed by atoms with van der Waals surface area (Å²) in [4.78, 5) is 12.2. The van der Waals surface area contributed by atoms with Crippen molar-refractivity contribution in [1.82, 2.24) is 5.32 Å². The van der Waals surface area contributed by atoms with Gasteiger partial charge in [-0.15, -0.1) is 0 Å². The first-order valence-electron chi connectivity index (χ1n) is 7.42. The number of amides is 1. The monoisotopic (exact) mass is 400 g/mol. The molecule has 2 rings (SSSR count). The molecule has 0 radical (unpaired) electrons. The number of aryl methyl sites for hydroxylation is 1. The number of benzene rings is 2. The number of hydrogen-bond donors (Lipinski definition) is 1. The lowest BCUT2D eigenvalue weighted by Crippen LogP contribution is -2.40. The fourth-order valence-corrected chi connectivity index (χ4v) is 3.63. The second-order valence-electron chi connectivity index (χ2n) is 5.60. The van der Waals surface area contributed by atoms with Gasteiger partial charge in [0.05, 0.1) is 11.9 Å². The molecule has 1 N–H and O–H groups in total. The summed E-state index contributed by atoms with van der Waals surface area (Å²) < 4.78 is 25.1. The SMILES string of the molecule is Cc1ccccc1CNC(=O)CN(c1cc(Cl)cc(Cl)c1)S(C)(=O)=O. The predicted molar refractivity (Wildman–Crippen MR) is 102 cm³/mol. The average Bonchev–Trinajstić information content (AvgIpc) is 2.49. The molecule has 0 aliphatic carbocycles. The third-order valence-electron chi connectivity index (χ3n) is 3.56. The first kappa shape index (κ1) is 19.6. The topological polar surface area (TPSA) is 66.5 Å². The number of nitrogens with one attached hydrogen (secondary N) is 1. The highest BCUT2D eigenvalue weighted by Crippen LogP contribution is 2.26. The number of hydrogen-bond acceptors (Lipinski definition) is 3. The van der Waals surface area contributed by atoms with Gasteiger partial charge in [-0.3, -0.25) is 9.10 Å². The van der Waals surface area contributed by atoms with Crippen LogP contribution in [0.5, 0.6) is 0 Å². The summed E-state index contributed by atoms with van der Waals surface area (Å²) in [6.07, 6.45) is 1.02. The van der Waals surface area contributed by atoms with Gasteiger partial charge in [-0.2, -0.15) is 0 Å². The quantitative estimate of drug-likeness (QED) is 0.807. The van der Waals surface area contributed by atoms with Crippen LogP contribution in [0, 0.1) is 6.92 Å². The van der Waals surface area contributed by atoms with Gasteiger partial charge in [-0.25, -0.2) is 8.42 Å². The number of rotatable bonds is 6. The lowest BCUT2D eigenvalue weighted by Gasteiger charge is -2.22. The summed E-state index contributed by atoms with van der Waals surface area (Å²) in [6.45, 7) is 1.90. The van der Waals surface area contributed by atoms with E-state index in [2.05, 4.69) is 5.32 Å². The Morgan fingerprint density at radius 2 is 1.72 bits per heavy atom. The van der Waals surface area contributed by atoms with Gasteiger partial charge < -0.3 is 5.32 Å². The van der Waals surface area contributed by atoms with Crippen molar-refractivity contribution in [3.8, 4) is 0 Å². The normalized spacial score (nSPS) is 11.2. The van der Waals surface area contributed by atoms with E-state index in [1.165, 1.54) is 18.2 Å². The van der Waals surface area contributed by atoms with Gasteiger partial charge in [0.25, 0.3) is 0 Å². The molecule has 0 unspecified atom stereocenters. The third kappa shape index (κ3) is 5.63. The van der Waals surface area contributed by atoms with E-state index < -0.39 is 15.9 Å². The van der Waals surface area contributed by atoms with Crippen LogP contribution in [0.25, 0.3) is 0 Å². The van der Waals surface area contributed by atoms with Crippen molar-refractivity contribution >= 4 is 44.8 Å². The van der Waals surface area contributed by atoms with E-state index in [-0.39, 0.29) is 22.3 Å². The van der Waals surface area contributed by atoms with Crippen LogP contribution in [0.15, 0.2) is 42.5 Å². The van der Waals surface area contributed by atoms with E-state index in [1.807, 2.05) is 31.2 Å². The summed E-state index contributed by atoms with van der Waals surface area (Å²) in [7, 11) is -3.68. The van der Waals surface area contributed by atoms with Crippen LogP contribution in [-0.4, -0.2) is 27.1 Å². The lowest BCUT2D eigenvalue weighted by molar-refractivity contribution is -0.119. The van der Waals surface area contributed by atoms with Gasteiger partial charge in [-0.1, -0.05) is 47.5 Å². The fourth-order valence-electron chi connectivity index (χ4n) is 2.27. The second-order valence-corrected chi connectivity index (χ2v) is 8.38. The minimum Gasteiger partial charge on any atom is -0.350 e. The molecular weight excluding hydrogens is 383 g/mol. The zero-order chi connectivity index (χ0) is 18.6. The lowest BCUT2D eigenvalue weighted by atomic mass is 10.1. The van der Waals surface area contributed by atoms with Crippen LogP contribution in [0.1, 0.15) is 11.1 Å². The van der Waals surface area contributed by atoms with Crippen molar-refractivity contribution in [3.63, 3.8) is 0 Å². The van der Waals surface area contributed by atoms with Gasteiger partial charge >= 0.3 is 0 Å². The van der Waals surface area contributed by atoms with Crippen LogP contribution in [0.2, 0.25) is 10.0 Å². The molecule has 5 nitrogen and oxygen atoms in total. The van der Waals surface area contributed by atoms with Crippen molar-refractivity contribution in [2.24, 2.45) is 0 Å². The van der Waals surface area contributed by atoms with E-state index in [0.29, 0.717) is 6.54 Å². The van der Waals surface area contributed by atoms with Crippen molar-refractivity contribution in [1.29, 1.82) is 0 Å². The Morgan fingerprint density at radius 1 is 1.12 bits per heavy atom. The maximum absolute atomic E-state index is 12.2. The summed E-state index contributed by atoms with van der Waals surface area (Å²) in [6, 6.07) is 12.0. The molecule has 0 spiro atoms. The molecule has 0 bridgehead atoms. The fraction of sp³-hybridized carbons (Fsp3) is 0.235. The highest BCUT2D eigenvalue weighted by Gasteiger charge is 2.21. The molecule has 0 aromatic heterocycles. The molecule has 1 amide bonds. The molecule has 0 saturated heterocycles. The molecular formula is C17H18Cl2N2O3S. The number of halogens is 2. The molecule has 134 valence electrons. The summed E-state index contributed by atoms with van der Waals surface area (Å²) in [5.41, 5.74) is 2.25. The van der Waals surface area contributed by atoms with E-state index in [4.69, 9.17) is 23.2 Å². The van der Waals surface area contributed by atoms with Crippen molar-refractivity contribution < 1.29 is 13.2 Å². The molecule has 0 atom stereocenters. The second kappa shape index (κ2) is 8.08. The molecule has 0 aliphatic rings. The Morgan fingerprint density at radius 3 is 2.28 bits per heavy atom. The van der Waals surface area contributed by atoms with Crippen molar-refractivity contribution in [2.75, 3.05) is 17.1 Å². The molecule has 0 saturated carbocycles. The molecule has 2 aromatic carbocycles. The Bertz CT molecular complexity index is 865. The number of anilines is 1. The summed E-state index contributed by atoms with van der Waals surface area (Å²) in [5, 5.41) is 3.31. The van der Waals surface area contributed by atoms with Gasteiger partial charge in [0.1, 0.15) is 6.54 Å². The smallest absolute Gasteiger partial charge is 0.241 e. The van der Waals surface area contributed by atoms with E-state index >= 15 is 0 Å². The van der Waals surface area contributed by atoms with Gasteiger partial charge in [0, 0.05) is 16.6 Å². The molecule has 0 aliphatic heterocycles. The molecule has 2 aromatic rings. The van der Waals surface area contributed by atoms with Gasteiger partial charge in [0.15, 0.2) is 0 Å². The predicted octanol–water partition coefficient (Wildman–Crippen LogP) is 3.38. The summed E-state index contributed by atoms with van der Waals surface area (Å²) >= 11 is 11.9. The third-order valence-corrected chi connectivity index (χ3v) is 5.14. The minimum atomic E-state index is -3.68. The van der Waals surface area contributed by atoms with E-state index in [0.717, 1.165) is 21.7 Å². The maximum atomic E-state index is 12.2. The molecule has 25 heavy (non-hydrogen) atoms. The zero-order valence-corrected chi connectivity index (χ0v) is 16.1. The van der Waals surface area contributed by atoms with Gasteiger partial charge in [0.2, 0.25) is 15.9 Å². The number of nitrogens with zero attached hydrogens (tertiary/aromatic N) is 1. The minimum absolute atomic E-state index is 0.242. The zero-order valence-electron chi connectivity index (χ0n) is 13.8. The highest BCUT2D eigenvalue weighted by molar-refractivity contribution is 7.92. The Hall–Kier alpha value is -1.76. The number of carbonyl (C=O) groups excluding carboxylic acids is 1. The van der Waals surface area contributed by atoms with Crippen LogP contribution in [-0.2, 0) is 21.4 Å². The Kier molecular flexibility index (Phi) is 6.32. The van der Waals surface area contributed by atoms with Crippen LogP contribution < -0.4 is 9.62 Å². The Labute approximate surface area is 157 Å². The molecule has 0 fully saturated rings. The van der Waals surface area contributed by atoms with Crippen LogP contribution in [0.4, 0.5) is 5.69 Å². The van der Waals surface area contributed by atoms with Crippen LogP contribution in [0.3, 0.4) is 0 Å². The maximum Gasteiger partial charge on any atom is 0.241 e. The number of sulfonamides is 1.